The molecule has 0 fully saturated rings. The average molecular weight is 426 g/mol. The third kappa shape index (κ3) is 5.47. The molecule has 6 heteroatoms. The molecule has 0 aliphatic heterocycles. The van der Waals surface area contributed by atoms with Crippen molar-refractivity contribution in [2.45, 2.75) is 32.5 Å². The van der Waals surface area contributed by atoms with Crippen LogP contribution in [0.15, 0.2) is 42.6 Å². The Labute approximate surface area is 149 Å². The first-order valence-corrected chi connectivity index (χ1v) is 8.22. The Kier molecular flexibility index (Phi) is 5.59. The van der Waals surface area contributed by atoms with Crippen LogP contribution < -0.4 is 5.32 Å². The fourth-order valence-electron chi connectivity index (χ4n) is 1.95. The minimum atomic E-state index is -0.734. The van der Waals surface area contributed by atoms with E-state index in [1.54, 1.807) is 36.5 Å². The zero-order valence-corrected chi connectivity index (χ0v) is 15.4. The Hall–Kier alpha value is -1.67. The summed E-state index contributed by atoms with van der Waals surface area (Å²) in [7, 11) is 0. The van der Waals surface area contributed by atoms with Crippen molar-refractivity contribution < 1.29 is 14.6 Å². The van der Waals surface area contributed by atoms with Gasteiger partial charge < -0.3 is 9.84 Å². The van der Waals surface area contributed by atoms with Crippen molar-refractivity contribution in [1.29, 1.82) is 0 Å². The van der Waals surface area contributed by atoms with E-state index in [0.29, 0.717) is 5.69 Å². The van der Waals surface area contributed by atoms with E-state index < -0.39 is 17.8 Å². The van der Waals surface area contributed by atoms with E-state index in [-0.39, 0.29) is 0 Å². The Balaban J connectivity index is 2.06. The maximum Gasteiger partial charge on any atom is 0.412 e. The average Bonchev–Trinajstić information content (AvgIpc) is 2.45. The summed E-state index contributed by atoms with van der Waals surface area (Å²) in [4.78, 5) is 15.8. The fourth-order valence-corrected chi connectivity index (χ4v) is 2.47. The Bertz CT molecular complexity index is 681. The van der Waals surface area contributed by atoms with Crippen LogP contribution in [0, 0.1) is 3.70 Å². The van der Waals surface area contributed by atoms with Crippen molar-refractivity contribution >= 4 is 34.4 Å². The van der Waals surface area contributed by atoms with Crippen molar-refractivity contribution in [3.63, 3.8) is 0 Å². The first-order valence-electron chi connectivity index (χ1n) is 7.14. The van der Waals surface area contributed by atoms with Crippen molar-refractivity contribution in [3.8, 4) is 0 Å². The molecule has 0 saturated heterocycles. The summed E-state index contributed by atoms with van der Waals surface area (Å²) in [6.07, 6.45) is 0.426. The summed E-state index contributed by atoms with van der Waals surface area (Å²) >= 11 is 2.10. The zero-order chi connectivity index (χ0) is 17.0. The molecular weight excluding hydrogens is 407 g/mol. The van der Waals surface area contributed by atoms with Gasteiger partial charge in [-0.2, -0.15) is 0 Å². The second kappa shape index (κ2) is 7.27. The van der Waals surface area contributed by atoms with Gasteiger partial charge in [-0.1, -0.05) is 12.1 Å². The lowest BCUT2D eigenvalue weighted by Crippen LogP contribution is -2.27. The normalized spacial score (nSPS) is 12.6. The lowest BCUT2D eigenvalue weighted by atomic mass is 10.0. The van der Waals surface area contributed by atoms with Crippen LogP contribution in [0.2, 0.25) is 0 Å². The molecule has 1 atom stereocenters. The SMILES string of the molecule is CC(C)(C)OC(=O)Nc1ccc(C(O)c2ccnc(I)c2)cc1. The van der Waals surface area contributed by atoms with Gasteiger partial charge in [-0.05, 0) is 78.8 Å². The minimum absolute atomic E-state index is 0.505. The fraction of sp³-hybridized carbons (Fsp3) is 0.294. The summed E-state index contributed by atoms with van der Waals surface area (Å²) in [5.41, 5.74) is 1.58. The highest BCUT2D eigenvalue weighted by molar-refractivity contribution is 14.1. The maximum absolute atomic E-state index is 11.7. The topological polar surface area (TPSA) is 71.5 Å². The van der Waals surface area contributed by atoms with Gasteiger partial charge in [0.2, 0.25) is 0 Å². The molecule has 2 aromatic rings. The molecule has 1 amide bonds. The molecule has 0 bridgehead atoms. The lowest BCUT2D eigenvalue weighted by Gasteiger charge is -2.19. The van der Waals surface area contributed by atoms with Crippen molar-refractivity contribution in [2.24, 2.45) is 0 Å². The van der Waals surface area contributed by atoms with Crippen molar-refractivity contribution in [3.05, 3.63) is 57.4 Å². The summed E-state index contributed by atoms with van der Waals surface area (Å²) in [6, 6.07) is 10.6. The van der Waals surface area contributed by atoms with Crippen LogP contribution in [0.1, 0.15) is 38.0 Å². The maximum atomic E-state index is 11.7. The number of carbonyl (C=O) groups excluding carboxylic acids is 1. The summed E-state index contributed by atoms with van der Waals surface area (Å²) in [5.74, 6) is 0. The largest absolute Gasteiger partial charge is 0.444 e. The summed E-state index contributed by atoms with van der Waals surface area (Å²) in [6.45, 7) is 5.42. The highest BCUT2D eigenvalue weighted by atomic mass is 127. The lowest BCUT2D eigenvalue weighted by molar-refractivity contribution is 0.0636. The molecular formula is C17H19IN2O3. The standard InChI is InChI=1S/C17H19IN2O3/c1-17(2,3)23-16(22)20-13-6-4-11(5-7-13)15(21)12-8-9-19-14(18)10-12/h4-10,15,21H,1-3H3,(H,20,22). The van der Waals surface area contributed by atoms with Gasteiger partial charge >= 0.3 is 6.09 Å². The molecule has 1 heterocycles. The van der Waals surface area contributed by atoms with Gasteiger partial charge in [0.15, 0.2) is 0 Å². The van der Waals surface area contributed by atoms with Crippen LogP contribution in [0.4, 0.5) is 10.5 Å². The zero-order valence-electron chi connectivity index (χ0n) is 13.2. The minimum Gasteiger partial charge on any atom is -0.444 e. The molecule has 0 aliphatic rings. The third-order valence-electron chi connectivity index (χ3n) is 2.94. The number of pyridine rings is 1. The molecule has 1 aromatic carbocycles. The molecule has 122 valence electrons. The van der Waals surface area contributed by atoms with Crippen LogP contribution in [0.3, 0.4) is 0 Å². The number of carbonyl (C=O) groups is 1. The van der Waals surface area contributed by atoms with E-state index in [0.717, 1.165) is 14.8 Å². The van der Waals surface area contributed by atoms with Gasteiger partial charge in [-0.3, -0.25) is 10.3 Å². The van der Waals surface area contributed by atoms with Gasteiger partial charge in [0.1, 0.15) is 15.4 Å². The van der Waals surface area contributed by atoms with Crippen LogP contribution in [-0.4, -0.2) is 21.8 Å². The van der Waals surface area contributed by atoms with E-state index in [1.807, 2.05) is 26.8 Å². The number of amides is 1. The molecule has 0 saturated carbocycles. The second-order valence-electron chi connectivity index (χ2n) is 6.06. The number of hydrogen-bond donors (Lipinski definition) is 2. The Morgan fingerprint density at radius 3 is 2.43 bits per heavy atom. The van der Waals surface area contributed by atoms with Gasteiger partial charge in [-0.25, -0.2) is 4.79 Å². The third-order valence-corrected chi connectivity index (χ3v) is 3.53. The smallest absolute Gasteiger partial charge is 0.412 e. The molecule has 2 N–H and O–H groups in total. The number of hydrogen-bond acceptors (Lipinski definition) is 4. The van der Waals surface area contributed by atoms with Gasteiger partial charge in [0.05, 0.1) is 0 Å². The van der Waals surface area contributed by atoms with E-state index in [4.69, 9.17) is 4.74 Å². The van der Waals surface area contributed by atoms with Crippen LogP contribution in [0.25, 0.3) is 0 Å². The van der Waals surface area contributed by atoms with Gasteiger partial charge in [0.25, 0.3) is 0 Å². The molecule has 1 aromatic heterocycles. The summed E-state index contributed by atoms with van der Waals surface area (Å²) < 4.78 is 6.02. The Morgan fingerprint density at radius 1 is 1.22 bits per heavy atom. The first-order chi connectivity index (χ1) is 10.7. The molecule has 0 aliphatic carbocycles. The van der Waals surface area contributed by atoms with E-state index >= 15 is 0 Å². The first kappa shape index (κ1) is 17.7. The molecule has 1 unspecified atom stereocenters. The molecule has 0 spiro atoms. The van der Waals surface area contributed by atoms with Crippen LogP contribution in [0.5, 0.6) is 0 Å². The van der Waals surface area contributed by atoms with Gasteiger partial charge in [0, 0.05) is 11.9 Å². The highest BCUT2D eigenvalue weighted by Crippen LogP contribution is 2.24. The number of aromatic nitrogens is 1. The number of aliphatic hydroxyl groups excluding tert-OH is 1. The molecule has 0 radical (unpaired) electrons. The number of rotatable bonds is 3. The van der Waals surface area contributed by atoms with Crippen LogP contribution in [-0.2, 0) is 4.74 Å². The van der Waals surface area contributed by atoms with Gasteiger partial charge in [-0.15, -0.1) is 0 Å². The quantitative estimate of drug-likeness (QED) is 0.573. The predicted octanol–water partition coefficient (Wildman–Crippen LogP) is 4.11. The molecule has 5 nitrogen and oxygen atoms in total. The number of benzene rings is 1. The number of ether oxygens (including phenoxy) is 1. The monoisotopic (exact) mass is 426 g/mol. The van der Waals surface area contributed by atoms with E-state index in [9.17, 15) is 9.90 Å². The van der Waals surface area contributed by atoms with Crippen LogP contribution >= 0.6 is 22.6 Å². The van der Waals surface area contributed by atoms with Crippen molar-refractivity contribution in [1.82, 2.24) is 4.98 Å². The molecule has 23 heavy (non-hydrogen) atoms. The van der Waals surface area contributed by atoms with E-state index in [2.05, 4.69) is 32.9 Å². The second-order valence-corrected chi connectivity index (χ2v) is 7.17. The summed E-state index contributed by atoms with van der Waals surface area (Å²) in [5, 5.41) is 13.1. The number of nitrogens with one attached hydrogen (secondary N) is 1. The number of aliphatic hydroxyl groups is 1. The highest BCUT2D eigenvalue weighted by Gasteiger charge is 2.16. The number of halogens is 1. The Morgan fingerprint density at radius 2 is 1.87 bits per heavy atom. The number of nitrogens with zero attached hydrogens (tertiary/aromatic N) is 1. The predicted molar refractivity (Wildman–Crippen MR) is 97.3 cm³/mol. The van der Waals surface area contributed by atoms with Crippen molar-refractivity contribution in [2.75, 3.05) is 5.32 Å². The molecule has 2 rings (SSSR count). The van der Waals surface area contributed by atoms with E-state index in [1.165, 1.54) is 0 Å². The number of anilines is 1.